The largest absolute Gasteiger partial charge is 0.324 e. The second kappa shape index (κ2) is 5.02. The molecule has 5 heteroatoms. The maximum atomic E-state index is 12.4. The molecule has 0 spiro atoms. The summed E-state index contributed by atoms with van der Waals surface area (Å²) in [6.07, 6.45) is 1.58. The summed E-state index contributed by atoms with van der Waals surface area (Å²) in [5.74, 6) is -0.334. The SMILES string of the molecule is O=C1CCC[C@H](N2Cc3c(Cl)cccc3C2=O)C(=O)C1. The normalized spacial score (nSPS) is 22.9. The van der Waals surface area contributed by atoms with E-state index in [1.165, 1.54) is 0 Å². The first kappa shape index (κ1) is 13.3. The van der Waals surface area contributed by atoms with Gasteiger partial charge in [-0.3, -0.25) is 14.4 Å². The fourth-order valence-electron chi connectivity index (χ4n) is 2.95. The van der Waals surface area contributed by atoms with E-state index in [9.17, 15) is 14.4 Å². The predicted octanol–water partition coefficient (Wildman–Crippen LogP) is 2.38. The lowest BCUT2D eigenvalue weighted by Crippen LogP contribution is -2.41. The van der Waals surface area contributed by atoms with Gasteiger partial charge in [0.2, 0.25) is 0 Å². The number of hydrogen-bond acceptors (Lipinski definition) is 3. The molecule has 1 heterocycles. The molecule has 1 fully saturated rings. The number of rotatable bonds is 1. The molecule has 1 saturated carbocycles. The van der Waals surface area contributed by atoms with Gasteiger partial charge >= 0.3 is 0 Å². The minimum atomic E-state index is -0.489. The Labute approximate surface area is 121 Å². The van der Waals surface area contributed by atoms with Crippen LogP contribution in [0.5, 0.6) is 0 Å². The highest BCUT2D eigenvalue weighted by Gasteiger charge is 2.38. The zero-order valence-electron chi connectivity index (χ0n) is 10.9. The summed E-state index contributed by atoms with van der Waals surface area (Å²) >= 11 is 6.11. The molecule has 0 aromatic heterocycles. The number of carbonyl (C=O) groups excluding carboxylic acids is 3. The number of fused-ring (bicyclic) bond motifs is 1. The Bertz CT molecular complexity index is 611. The van der Waals surface area contributed by atoms with Crippen molar-refractivity contribution in [3.63, 3.8) is 0 Å². The summed E-state index contributed by atoms with van der Waals surface area (Å²) in [7, 11) is 0. The summed E-state index contributed by atoms with van der Waals surface area (Å²) < 4.78 is 0. The van der Waals surface area contributed by atoms with Crippen LogP contribution in [0.25, 0.3) is 0 Å². The summed E-state index contributed by atoms with van der Waals surface area (Å²) in [5, 5.41) is 0.551. The standard InChI is InChI=1S/C15H14ClNO3/c16-12-5-2-4-10-11(12)8-17(15(10)20)13-6-1-3-9(18)7-14(13)19/h2,4-5,13H,1,3,6-8H2/t13-/m0/s1. The maximum absolute atomic E-state index is 12.4. The van der Waals surface area contributed by atoms with Gasteiger partial charge in [0.05, 0.1) is 12.5 Å². The molecule has 1 atom stereocenters. The van der Waals surface area contributed by atoms with Crippen LogP contribution in [0.15, 0.2) is 18.2 Å². The Morgan fingerprint density at radius 2 is 2.00 bits per heavy atom. The van der Waals surface area contributed by atoms with Crippen molar-refractivity contribution >= 4 is 29.1 Å². The van der Waals surface area contributed by atoms with E-state index in [2.05, 4.69) is 0 Å². The summed E-state index contributed by atoms with van der Waals surface area (Å²) in [6.45, 7) is 0.360. The average Bonchev–Trinajstić information content (AvgIpc) is 2.64. The van der Waals surface area contributed by atoms with Crippen LogP contribution in [-0.2, 0) is 16.1 Å². The number of nitrogens with zero attached hydrogens (tertiary/aromatic N) is 1. The van der Waals surface area contributed by atoms with Crippen LogP contribution in [0, 0.1) is 0 Å². The summed E-state index contributed by atoms with van der Waals surface area (Å²) in [4.78, 5) is 37.6. The van der Waals surface area contributed by atoms with Gasteiger partial charge in [-0.15, -0.1) is 0 Å². The molecule has 0 saturated heterocycles. The van der Waals surface area contributed by atoms with Crippen molar-refractivity contribution in [1.29, 1.82) is 0 Å². The minimum Gasteiger partial charge on any atom is -0.324 e. The molecule has 20 heavy (non-hydrogen) atoms. The van der Waals surface area contributed by atoms with Crippen LogP contribution in [0.4, 0.5) is 0 Å². The first-order valence-corrected chi connectivity index (χ1v) is 7.08. The molecule has 1 aliphatic carbocycles. The molecule has 1 aromatic rings. The maximum Gasteiger partial charge on any atom is 0.255 e. The molecule has 1 aromatic carbocycles. The Balaban J connectivity index is 1.90. The average molecular weight is 292 g/mol. The van der Waals surface area contributed by atoms with Crippen LogP contribution < -0.4 is 0 Å². The third-order valence-corrected chi connectivity index (χ3v) is 4.35. The van der Waals surface area contributed by atoms with E-state index in [-0.39, 0.29) is 23.9 Å². The second-order valence-electron chi connectivity index (χ2n) is 5.29. The third-order valence-electron chi connectivity index (χ3n) is 3.99. The fraction of sp³-hybridized carbons (Fsp3) is 0.400. The van der Waals surface area contributed by atoms with Gasteiger partial charge in [-0.2, -0.15) is 0 Å². The van der Waals surface area contributed by atoms with Crippen molar-refractivity contribution in [3.8, 4) is 0 Å². The zero-order valence-corrected chi connectivity index (χ0v) is 11.7. The highest BCUT2D eigenvalue weighted by atomic mass is 35.5. The van der Waals surface area contributed by atoms with Gasteiger partial charge in [0.25, 0.3) is 5.91 Å². The van der Waals surface area contributed by atoms with Gasteiger partial charge in [-0.1, -0.05) is 17.7 Å². The molecule has 0 radical (unpaired) electrons. The predicted molar refractivity (Wildman–Crippen MR) is 73.6 cm³/mol. The monoisotopic (exact) mass is 291 g/mol. The Morgan fingerprint density at radius 3 is 2.75 bits per heavy atom. The van der Waals surface area contributed by atoms with Crippen molar-refractivity contribution in [3.05, 3.63) is 34.3 Å². The summed E-state index contributed by atoms with van der Waals surface area (Å²) in [6, 6.07) is 4.73. The molecule has 104 valence electrons. The minimum absolute atomic E-state index is 0.0281. The lowest BCUT2D eigenvalue weighted by Gasteiger charge is -2.25. The molecular weight excluding hydrogens is 278 g/mol. The quantitative estimate of drug-likeness (QED) is 0.590. The zero-order chi connectivity index (χ0) is 14.3. The van der Waals surface area contributed by atoms with Gasteiger partial charge in [-0.05, 0) is 25.0 Å². The van der Waals surface area contributed by atoms with Gasteiger partial charge in [0.15, 0.2) is 5.78 Å². The van der Waals surface area contributed by atoms with Crippen LogP contribution in [-0.4, -0.2) is 28.4 Å². The van der Waals surface area contributed by atoms with Crippen LogP contribution in [0.2, 0.25) is 5.02 Å². The Morgan fingerprint density at radius 1 is 1.20 bits per heavy atom. The number of carbonyl (C=O) groups is 3. The number of hydrogen-bond donors (Lipinski definition) is 0. The first-order chi connectivity index (χ1) is 9.58. The van der Waals surface area contributed by atoms with Crippen LogP contribution >= 0.6 is 11.6 Å². The van der Waals surface area contributed by atoms with E-state index in [4.69, 9.17) is 11.6 Å². The first-order valence-electron chi connectivity index (χ1n) is 6.70. The highest BCUT2D eigenvalue weighted by Crippen LogP contribution is 2.32. The van der Waals surface area contributed by atoms with Gasteiger partial charge < -0.3 is 4.90 Å². The van der Waals surface area contributed by atoms with Crippen LogP contribution in [0.3, 0.4) is 0 Å². The van der Waals surface area contributed by atoms with Gasteiger partial charge in [-0.25, -0.2) is 0 Å². The number of ketones is 2. The topological polar surface area (TPSA) is 54.5 Å². The van der Waals surface area contributed by atoms with E-state index < -0.39 is 6.04 Å². The third kappa shape index (κ3) is 2.14. The van der Waals surface area contributed by atoms with E-state index in [0.29, 0.717) is 36.4 Å². The summed E-state index contributed by atoms with van der Waals surface area (Å²) in [5.41, 5.74) is 1.35. The number of benzene rings is 1. The van der Waals surface area contributed by atoms with E-state index in [1.807, 2.05) is 0 Å². The fourth-order valence-corrected chi connectivity index (χ4v) is 3.19. The lowest BCUT2D eigenvalue weighted by atomic mass is 10.1. The van der Waals surface area contributed by atoms with Crippen molar-refractivity contribution < 1.29 is 14.4 Å². The number of amides is 1. The van der Waals surface area contributed by atoms with E-state index in [0.717, 1.165) is 5.56 Å². The van der Waals surface area contributed by atoms with Gasteiger partial charge in [0.1, 0.15) is 5.78 Å². The molecule has 3 rings (SSSR count). The number of Topliss-reactive ketones (excluding diaryl/α,β-unsaturated/α-hetero) is 2. The molecule has 0 unspecified atom stereocenters. The van der Waals surface area contributed by atoms with Gasteiger partial charge in [0, 0.05) is 29.1 Å². The molecule has 0 N–H and O–H groups in total. The highest BCUT2D eigenvalue weighted by molar-refractivity contribution is 6.32. The number of halogens is 1. The molecule has 0 bridgehead atoms. The van der Waals surface area contributed by atoms with E-state index in [1.54, 1.807) is 23.1 Å². The molecule has 4 nitrogen and oxygen atoms in total. The molecule has 1 aliphatic heterocycles. The van der Waals surface area contributed by atoms with Crippen molar-refractivity contribution in [1.82, 2.24) is 4.90 Å². The molecular formula is C15H14ClNO3. The lowest BCUT2D eigenvalue weighted by molar-refractivity contribution is -0.128. The Kier molecular flexibility index (Phi) is 3.34. The van der Waals surface area contributed by atoms with Crippen molar-refractivity contribution in [2.45, 2.75) is 38.3 Å². The molecule has 1 amide bonds. The molecule has 2 aliphatic rings. The van der Waals surface area contributed by atoms with Crippen LogP contribution in [0.1, 0.15) is 41.6 Å². The smallest absolute Gasteiger partial charge is 0.255 e. The van der Waals surface area contributed by atoms with E-state index >= 15 is 0 Å². The Hall–Kier alpha value is -1.68. The second-order valence-corrected chi connectivity index (χ2v) is 5.70. The van der Waals surface area contributed by atoms with Crippen molar-refractivity contribution in [2.75, 3.05) is 0 Å². The van der Waals surface area contributed by atoms with Crippen molar-refractivity contribution in [2.24, 2.45) is 0 Å².